The molecule has 2 aliphatic rings. The smallest absolute Gasteiger partial charge is 0.297 e. The highest BCUT2D eigenvalue weighted by Gasteiger charge is 2.48. The molecule has 0 atom stereocenters. The average Bonchev–Trinajstić information content (AvgIpc) is 3.82. The van der Waals surface area contributed by atoms with Crippen LogP contribution in [0.25, 0.3) is 32.2 Å². The molecule has 0 fully saturated rings. The number of fused-ring (bicyclic) bond motifs is 7. The van der Waals surface area contributed by atoms with Gasteiger partial charge < -0.3 is 14.2 Å². The van der Waals surface area contributed by atoms with Crippen molar-refractivity contribution in [1.82, 2.24) is 0 Å². The zero-order valence-electron chi connectivity index (χ0n) is 40.7. The molecule has 324 valence electrons. The SMILES string of the molecule is Cc1cc(-c2csc3ccccc23)cc(C)c1N1c2ccc(C(C)(C)C)cc2B2c3oc4ccc(C(C)(C)C)cc4c3N(c3c(C)cc(C(C)(C)C)cc3C)c3cc(C(C)C)cc1c32. The Kier molecular flexibility index (Phi) is 9.61. The van der Waals surface area contributed by atoms with E-state index in [2.05, 4.69) is 216 Å². The van der Waals surface area contributed by atoms with E-state index in [1.165, 1.54) is 116 Å². The summed E-state index contributed by atoms with van der Waals surface area (Å²) in [5.41, 5.74) is 24.7. The van der Waals surface area contributed by atoms with Gasteiger partial charge in [0, 0.05) is 38.1 Å². The van der Waals surface area contributed by atoms with Crippen LogP contribution in [0.1, 0.15) is 127 Å². The average molecular weight is 859 g/mol. The van der Waals surface area contributed by atoms with E-state index in [4.69, 9.17) is 4.42 Å². The summed E-state index contributed by atoms with van der Waals surface area (Å²) < 4.78 is 8.72. The molecule has 64 heavy (non-hydrogen) atoms. The highest BCUT2D eigenvalue weighted by molar-refractivity contribution is 7.17. The summed E-state index contributed by atoms with van der Waals surface area (Å²) in [6.07, 6.45) is 0. The lowest BCUT2D eigenvalue weighted by molar-refractivity contribution is 0.589. The van der Waals surface area contributed by atoms with Crippen LogP contribution in [0.15, 0.2) is 107 Å². The molecule has 0 bridgehead atoms. The van der Waals surface area contributed by atoms with Crippen LogP contribution in [0, 0.1) is 27.7 Å². The lowest BCUT2D eigenvalue weighted by atomic mass is 9.35. The second-order valence-corrected chi connectivity index (χ2v) is 23.3. The molecule has 4 heterocycles. The first-order chi connectivity index (χ1) is 30.1. The first kappa shape index (κ1) is 42.4. The van der Waals surface area contributed by atoms with Crippen LogP contribution in [0.5, 0.6) is 0 Å². The molecule has 2 aliphatic heterocycles. The van der Waals surface area contributed by atoms with Crippen LogP contribution in [0.2, 0.25) is 0 Å². The number of anilines is 6. The third kappa shape index (κ3) is 6.59. The van der Waals surface area contributed by atoms with E-state index in [-0.39, 0.29) is 23.0 Å². The Hall–Kier alpha value is -5.52. The first-order valence-electron chi connectivity index (χ1n) is 23.3. The molecule has 0 N–H and O–H groups in total. The Bertz CT molecular complexity index is 3170. The third-order valence-electron chi connectivity index (χ3n) is 14.2. The molecule has 8 aromatic rings. The number of aryl methyl sites for hydroxylation is 4. The summed E-state index contributed by atoms with van der Waals surface area (Å²) in [5.74, 6) is 0.297. The van der Waals surface area contributed by atoms with E-state index in [0.717, 1.165) is 11.2 Å². The van der Waals surface area contributed by atoms with E-state index in [9.17, 15) is 0 Å². The number of rotatable bonds is 4. The van der Waals surface area contributed by atoms with Crippen molar-refractivity contribution in [3.05, 3.63) is 147 Å². The summed E-state index contributed by atoms with van der Waals surface area (Å²) in [6.45, 7) is 34.7. The largest absolute Gasteiger partial charge is 0.468 e. The van der Waals surface area contributed by atoms with E-state index >= 15 is 0 Å². The summed E-state index contributed by atoms with van der Waals surface area (Å²) in [7, 11) is 0. The number of thiophene rings is 1. The van der Waals surface area contributed by atoms with Crippen LogP contribution >= 0.6 is 11.3 Å². The summed E-state index contributed by atoms with van der Waals surface area (Å²) in [4.78, 5) is 5.24. The van der Waals surface area contributed by atoms with Crippen LogP contribution in [-0.2, 0) is 16.2 Å². The quantitative estimate of drug-likeness (QED) is 0.164. The van der Waals surface area contributed by atoms with Crippen LogP contribution in [0.3, 0.4) is 0 Å². The predicted molar refractivity (Wildman–Crippen MR) is 280 cm³/mol. The van der Waals surface area contributed by atoms with E-state index in [1.54, 1.807) is 0 Å². The van der Waals surface area contributed by atoms with Crippen LogP contribution in [-0.4, -0.2) is 6.71 Å². The van der Waals surface area contributed by atoms with Crippen molar-refractivity contribution >= 4 is 89.8 Å². The number of hydrogen-bond acceptors (Lipinski definition) is 4. The van der Waals surface area contributed by atoms with Gasteiger partial charge in [0.15, 0.2) is 0 Å². The Morgan fingerprint density at radius 2 is 1.11 bits per heavy atom. The van der Waals surface area contributed by atoms with Gasteiger partial charge in [-0.05, 0) is 165 Å². The monoisotopic (exact) mass is 858 g/mol. The predicted octanol–water partition coefficient (Wildman–Crippen LogP) is 15.6. The molecule has 5 heteroatoms. The zero-order valence-corrected chi connectivity index (χ0v) is 41.5. The van der Waals surface area contributed by atoms with Gasteiger partial charge in [-0.25, -0.2) is 0 Å². The maximum absolute atomic E-state index is 7.40. The van der Waals surface area contributed by atoms with Crippen molar-refractivity contribution < 1.29 is 4.42 Å². The normalized spacial score (nSPS) is 13.9. The van der Waals surface area contributed by atoms with Crippen molar-refractivity contribution in [3.63, 3.8) is 0 Å². The van der Waals surface area contributed by atoms with E-state index in [1.807, 2.05) is 11.3 Å². The molecule has 0 spiro atoms. The topological polar surface area (TPSA) is 19.6 Å². The summed E-state index contributed by atoms with van der Waals surface area (Å²) >= 11 is 1.83. The second-order valence-electron chi connectivity index (χ2n) is 22.3. The lowest BCUT2D eigenvalue weighted by Gasteiger charge is -2.44. The number of hydrogen-bond donors (Lipinski definition) is 0. The zero-order chi connectivity index (χ0) is 45.5. The molecular weight excluding hydrogens is 796 g/mol. The third-order valence-corrected chi connectivity index (χ3v) is 15.1. The Balaban J connectivity index is 1.33. The van der Waals surface area contributed by atoms with Crippen LogP contribution in [0.4, 0.5) is 34.1 Å². The molecular formula is C59H63BN2OS. The fourth-order valence-electron chi connectivity index (χ4n) is 10.7. The minimum absolute atomic E-state index is 0.0175. The molecule has 2 aromatic heterocycles. The fourth-order valence-corrected chi connectivity index (χ4v) is 11.6. The fraction of sp³-hybridized carbons (Fsp3) is 0.322. The molecule has 3 nitrogen and oxygen atoms in total. The molecule has 0 amide bonds. The first-order valence-corrected chi connectivity index (χ1v) is 24.2. The summed E-state index contributed by atoms with van der Waals surface area (Å²) in [6, 6.07) is 37.7. The number of furan rings is 1. The van der Waals surface area contributed by atoms with E-state index < -0.39 is 0 Å². The molecule has 6 aromatic carbocycles. The molecule has 10 rings (SSSR count). The van der Waals surface area contributed by atoms with Gasteiger partial charge in [-0.1, -0.05) is 125 Å². The maximum Gasteiger partial charge on any atom is 0.297 e. The minimum Gasteiger partial charge on any atom is -0.468 e. The van der Waals surface area contributed by atoms with Crippen molar-refractivity contribution in [3.8, 4) is 11.1 Å². The van der Waals surface area contributed by atoms with Gasteiger partial charge in [0.25, 0.3) is 6.71 Å². The Morgan fingerprint density at radius 3 is 1.73 bits per heavy atom. The van der Waals surface area contributed by atoms with Crippen LogP contribution < -0.4 is 26.4 Å². The molecule has 0 saturated heterocycles. The van der Waals surface area contributed by atoms with Crippen molar-refractivity contribution in [2.45, 2.75) is 126 Å². The standard InChI is InChI=1S/C59H63BN2OS/c1-33(2)38-28-48-52-49(29-38)62(54-36(5)26-42(27-37(54)6)59(13,14)15)55-44-30-40(57(7,8)9)21-23-50(44)63-56(55)60(52)46-31-41(58(10,11)12)20-22-47(46)61(48)53-34(3)24-39(25-35(53)4)45-32-64-51-19-17-16-18-43(45)51/h16-33H,1-15H3. The molecule has 0 aliphatic carbocycles. The van der Waals surface area contributed by atoms with Crippen molar-refractivity contribution in [2.75, 3.05) is 9.80 Å². The highest BCUT2D eigenvalue weighted by Crippen LogP contribution is 2.51. The van der Waals surface area contributed by atoms with Gasteiger partial charge in [0.2, 0.25) is 0 Å². The Labute approximate surface area is 386 Å². The van der Waals surface area contributed by atoms with Crippen molar-refractivity contribution in [2.24, 2.45) is 0 Å². The number of nitrogens with zero attached hydrogens (tertiary/aromatic N) is 2. The number of benzene rings is 6. The van der Waals surface area contributed by atoms with Crippen molar-refractivity contribution in [1.29, 1.82) is 0 Å². The van der Waals surface area contributed by atoms with Gasteiger partial charge in [-0.2, -0.15) is 0 Å². The minimum atomic E-state index is -0.122. The Morgan fingerprint density at radius 1 is 0.547 bits per heavy atom. The maximum atomic E-state index is 7.40. The van der Waals surface area contributed by atoms with Gasteiger partial charge in [-0.3, -0.25) is 0 Å². The van der Waals surface area contributed by atoms with Gasteiger partial charge >= 0.3 is 0 Å². The van der Waals surface area contributed by atoms with E-state index in [0.29, 0.717) is 5.92 Å². The summed E-state index contributed by atoms with van der Waals surface area (Å²) in [5, 5.41) is 4.82. The van der Waals surface area contributed by atoms with Gasteiger partial charge in [0.05, 0.1) is 22.7 Å². The van der Waals surface area contributed by atoms with Gasteiger partial charge in [0.1, 0.15) is 5.58 Å². The molecule has 0 saturated carbocycles. The van der Waals surface area contributed by atoms with Gasteiger partial charge in [-0.15, -0.1) is 11.3 Å². The highest BCUT2D eigenvalue weighted by atomic mass is 32.1. The molecule has 0 radical (unpaired) electrons. The lowest BCUT2D eigenvalue weighted by Crippen LogP contribution is -2.61. The second kappa shape index (κ2) is 14.5. The molecule has 0 unspecified atom stereocenters.